The lowest BCUT2D eigenvalue weighted by Crippen LogP contribution is -2.43. The first-order valence-electron chi connectivity index (χ1n) is 7.21. The van der Waals surface area contributed by atoms with E-state index in [-0.39, 0.29) is 18.5 Å². The first-order chi connectivity index (χ1) is 10.4. The second-order valence-corrected chi connectivity index (χ2v) is 6.34. The van der Waals surface area contributed by atoms with Crippen molar-refractivity contribution < 1.29 is 19.1 Å². The van der Waals surface area contributed by atoms with Gasteiger partial charge in [0.25, 0.3) is 5.91 Å². The molecule has 0 saturated carbocycles. The summed E-state index contributed by atoms with van der Waals surface area (Å²) in [5.74, 6) is 0.168. The van der Waals surface area contributed by atoms with Crippen LogP contribution in [0.2, 0.25) is 0 Å². The molecule has 0 N–H and O–H groups in total. The number of carbonyl (C=O) groups excluding carboxylic acids is 2. The number of aryl methyl sites for hydroxylation is 2. The molecule has 0 radical (unpaired) electrons. The molecule has 22 heavy (non-hydrogen) atoms. The second-order valence-electron chi connectivity index (χ2n) is 5.43. The van der Waals surface area contributed by atoms with Gasteiger partial charge in [0.15, 0.2) is 6.61 Å². The van der Waals surface area contributed by atoms with Gasteiger partial charge < -0.3 is 14.4 Å². The number of rotatable bonds is 4. The Morgan fingerprint density at radius 3 is 2.55 bits per heavy atom. The first kappa shape index (κ1) is 16.8. The highest BCUT2D eigenvalue weighted by atomic mass is 79.9. The molecule has 0 aliphatic carbocycles. The van der Waals surface area contributed by atoms with Crippen molar-refractivity contribution in [2.24, 2.45) is 0 Å². The van der Waals surface area contributed by atoms with Crippen LogP contribution < -0.4 is 4.74 Å². The lowest BCUT2D eigenvalue weighted by Gasteiger charge is -2.23. The monoisotopic (exact) mass is 369 g/mol. The van der Waals surface area contributed by atoms with Crippen molar-refractivity contribution in [1.29, 1.82) is 0 Å². The molecule has 2 rings (SSSR count). The zero-order chi connectivity index (χ0) is 16.3. The van der Waals surface area contributed by atoms with Gasteiger partial charge in [-0.3, -0.25) is 4.79 Å². The molecule has 1 aromatic rings. The molecule has 6 heteroatoms. The van der Waals surface area contributed by atoms with Gasteiger partial charge in [-0.1, -0.05) is 15.9 Å². The van der Waals surface area contributed by atoms with Crippen LogP contribution in [0.1, 0.15) is 24.0 Å². The lowest BCUT2D eigenvalue weighted by molar-refractivity contribution is -0.151. The second kappa shape index (κ2) is 7.13. The van der Waals surface area contributed by atoms with Crippen LogP contribution in [0, 0.1) is 13.8 Å². The molecule has 1 aliphatic heterocycles. The number of halogens is 1. The van der Waals surface area contributed by atoms with E-state index in [1.165, 1.54) is 7.11 Å². The summed E-state index contributed by atoms with van der Waals surface area (Å²) in [4.78, 5) is 25.6. The summed E-state index contributed by atoms with van der Waals surface area (Å²) in [6.45, 7) is 4.37. The zero-order valence-corrected chi connectivity index (χ0v) is 14.6. The maximum Gasteiger partial charge on any atom is 0.328 e. The number of carbonyl (C=O) groups is 2. The normalized spacial score (nSPS) is 17.5. The van der Waals surface area contributed by atoms with E-state index in [1.807, 2.05) is 26.0 Å². The fraction of sp³-hybridized carbons (Fsp3) is 0.500. The number of hydrogen-bond acceptors (Lipinski definition) is 4. The third-order valence-corrected chi connectivity index (χ3v) is 4.27. The molecule has 1 atom stereocenters. The average molecular weight is 370 g/mol. The number of methoxy groups -OCH3 is 1. The molecular formula is C16H20BrNO4. The van der Waals surface area contributed by atoms with Crippen LogP contribution >= 0.6 is 15.9 Å². The average Bonchev–Trinajstić information content (AvgIpc) is 2.94. The summed E-state index contributed by atoms with van der Waals surface area (Å²) in [6, 6.07) is 3.41. The Kier molecular flexibility index (Phi) is 5.45. The fourth-order valence-corrected chi connectivity index (χ4v) is 3.47. The summed E-state index contributed by atoms with van der Waals surface area (Å²) in [7, 11) is 1.34. The van der Waals surface area contributed by atoms with E-state index in [9.17, 15) is 9.59 Å². The molecule has 5 nitrogen and oxygen atoms in total. The van der Waals surface area contributed by atoms with Gasteiger partial charge >= 0.3 is 5.97 Å². The van der Waals surface area contributed by atoms with Gasteiger partial charge in [-0.15, -0.1) is 0 Å². The minimum Gasteiger partial charge on any atom is -0.483 e. The molecule has 1 amide bonds. The topological polar surface area (TPSA) is 55.8 Å². The third kappa shape index (κ3) is 3.61. The fourth-order valence-electron chi connectivity index (χ4n) is 2.79. The van der Waals surface area contributed by atoms with E-state index in [1.54, 1.807) is 4.90 Å². The minimum atomic E-state index is -0.479. The van der Waals surface area contributed by atoms with Crippen molar-refractivity contribution in [2.45, 2.75) is 32.7 Å². The molecule has 1 saturated heterocycles. The Bertz CT molecular complexity index is 565. The predicted molar refractivity (Wildman–Crippen MR) is 85.9 cm³/mol. The Balaban J connectivity index is 2.03. The Morgan fingerprint density at radius 1 is 1.32 bits per heavy atom. The highest BCUT2D eigenvalue weighted by molar-refractivity contribution is 9.10. The molecule has 1 fully saturated rings. The van der Waals surface area contributed by atoms with Crippen molar-refractivity contribution in [3.05, 3.63) is 27.7 Å². The van der Waals surface area contributed by atoms with Crippen LogP contribution in [0.5, 0.6) is 5.75 Å². The molecule has 1 aliphatic rings. The molecule has 1 aromatic carbocycles. The van der Waals surface area contributed by atoms with Crippen molar-refractivity contribution in [1.82, 2.24) is 4.90 Å². The smallest absolute Gasteiger partial charge is 0.328 e. The number of likely N-dealkylation sites (tertiary alicyclic amines) is 1. The summed E-state index contributed by atoms with van der Waals surface area (Å²) >= 11 is 3.43. The predicted octanol–water partition coefficient (Wildman–Crippen LogP) is 2.61. The van der Waals surface area contributed by atoms with Crippen molar-refractivity contribution in [2.75, 3.05) is 20.3 Å². The number of ether oxygens (including phenoxy) is 2. The van der Waals surface area contributed by atoms with Crippen LogP contribution in [0.15, 0.2) is 16.6 Å². The number of amides is 1. The highest BCUT2D eigenvalue weighted by Crippen LogP contribution is 2.27. The van der Waals surface area contributed by atoms with Crippen LogP contribution in [0.3, 0.4) is 0 Å². The van der Waals surface area contributed by atoms with E-state index in [2.05, 4.69) is 15.9 Å². The van der Waals surface area contributed by atoms with Crippen molar-refractivity contribution in [3.8, 4) is 5.75 Å². The first-order valence-corrected chi connectivity index (χ1v) is 8.00. The standard InChI is InChI=1S/C16H20BrNO4/c1-10-7-12(17)8-11(2)15(10)22-9-14(19)18-6-4-5-13(18)16(20)21-3/h7-8,13H,4-6,9H2,1-3H3. The van der Waals surface area contributed by atoms with E-state index >= 15 is 0 Å². The van der Waals surface area contributed by atoms with Gasteiger partial charge in [0.2, 0.25) is 0 Å². The molecule has 0 spiro atoms. The number of esters is 1. The lowest BCUT2D eigenvalue weighted by atomic mass is 10.1. The Morgan fingerprint density at radius 2 is 1.95 bits per heavy atom. The van der Waals surface area contributed by atoms with Gasteiger partial charge in [-0.2, -0.15) is 0 Å². The SMILES string of the molecule is COC(=O)C1CCCN1C(=O)COc1c(C)cc(Br)cc1C. The van der Waals surface area contributed by atoms with Crippen molar-refractivity contribution in [3.63, 3.8) is 0 Å². The summed E-state index contributed by atoms with van der Waals surface area (Å²) in [6.07, 6.45) is 1.45. The summed E-state index contributed by atoms with van der Waals surface area (Å²) < 4.78 is 11.4. The van der Waals surface area contributed by atoms with E-state index < -0.39 is 6.04 Å². The van der Waals surface area contributed by atoms with Crippen LogP contribution in [0.25, 0.3) is 0 Å². The Hall–Kier alpha value is -1.56. The van der Waals surface area contributed by atoms with Gasteiger partial charge in [-0.25, -0.2) is 4.79 Å². The minimum absolute atomic E-state index is 0.0726. The zero-order valence-electron chi connectivity index (χ0n) is 13.0. The number of nitrogens with zero attached hydrogens (tertiary/aromatic N) is 1. The van der Waals surface area contributed by atoms with Crippen molar-refractivity contribution >= 4 is 27.8 Å². The maximum absolute atomic E-state index is 12.3. The largest absolute Gasteiger partial charge is 0.483 e. The van der Waals surface area contributed by atoms with E-state index in [0.717, 1.165) is 22.0 Å². The van der Waals surface area contributed by atoms with Crippen LogP contribution in [-0.4, -0.2) is 43.1 Å². The number of benzene rings is 1. The molecule has 0 bridgehead atoms. The van der Waals surface area contributed by atoms with Gasteiger partial charge in [0.1, 0.15) is 11.8 Å². The maximum atomic E-state index is 12.3. The quantitative estimate of drug-likeness (QED) is 0.765. The van der Waals surface area contributed by atoms with Gasteiger partial charge in [0, 0.05) is 11.0 Å². The van der Waals surface area contributed by atoms with Gasteiger partial charge in [-0.05, 0) is 49.9 Å². The molecule has 1 unspecified atom stereocenters. The molecule has 0 aromatic heterocycles. The summed E-state index contributed by atoms with van der Waals surface area (Å²) in [5, 5.41) is 0. The van der Waals surface area contributed by atoms with Crippen LogP contribution in [-0.2, 0) is 14.3 Å². The van der Waals surface area contributed by atoms with E-state index in [0.29, 0.717) is 18.7 Å². The summed E-state index contributed by atoms with van der Waals surface area (Å²) in [5.41, 5.74) is 1.93. The van der Waals surface area contributed by atoms with Gasteiger partial charge in [0.05, 0.1) is 7.11 Å². The Labute approximate surface area is 138 Å². The van der Waals surface area contributed by atoms with E-state index in [4.69, 9.17) is 9.47 Å². The number of hydrogen-bond donors (Lipinski definition) is 0. The molecular weight excluding hydrogens is 350 g/mol. The molecule has 1 heterocycles. The van der Waals surface area contributed by atoms with Crippen LogP contribution in [0.4, 0.5) is 0 Å². The third-order valence-electron chi connectivity index (χ3n) is 3.81. The molecule has 120 valence electrons. The highest BCUT2D eigenvalue weighted by Gasteiger charge is 2.34.